The predicted octanol–water partition coefficient (Wildman–Crippen LogP) is 1.14. The molecule has 0 aliphatic rings. The number of halogens is 2. The second-order valence-electron chi connectivity index (χ2n) is 1.92. The summed E-state index contributed by atoms with van der Waals surface area (Å²) >= 11 is 11.2. The molecular formula is C5H6Cl2N4. The van der Waals surface area contributed by atoms with Crippen LogP contribution in [0.1, 0.15) is 0 Å². The van der Waals surface area contributed by atoms with E-state index in [1.807, 2.05) is 0 Å². The molecule has 1 aromatic heterocycles. The summed E-state index contributed by atoms with van der Waals surface area (Å²) in [6, 6.07) is 0. The van der Waals surface area contributed by atoms with E-state index < -0.39 is 0 Å². The van der Waals surface area contributed by atoms with Crippen molar-refractivity contribution in [1.29, 1.82) is 0 Å². The SMILES string of the molecule is Nc1nc(N)c(Cl)c(N)c1Cl. The Morgan fingerprint density at radius 2 is 1.27 bits per heavy atom. The molecular weight excluding hydrogens is 187 g/mol. The normalized spacial score (nSPS) is 10.0. The zero-order valence-electron chi connectivity index (χ0n) is 5.44. The molecule has 0 radical (unpaired) electrons. The van der Waals surface area contributed by atoms with Gasteiger partial charge in [0.05, 0.1) is 5.69 Å². The minimum Gasteiger partial charge on any atom is -0.396 e. The number of rotatable bonds is 0. The highest BCUT2D eigenvalue weighted by atomic mass is 35.5. The summed E-state index contributed by atoms with van der Waals surface area (Å²) in [5.74, 6) is 0.178. The van der Waals surface area contributed by atoms with E-state index in [1.165, 1.54) is 0 Å². The zero-order chi connectivity index (χ0) is 8.59. The van der Waals surface area contributed by atoms with Crippen molar-refractivity contribution in [3.8, 4) is 0 Å². The maximum absolute atomic E-state index is 5.60. The Balaban J connectivity index is 3.46. The second-order valence-corrected chi connectivity index (χ2v) is 2.68. The van der Waals surface area contributed by atoms with Crippen LogP contribution in [-0.4, -0.2) is 4.98 Å². The van der Waals surface area contributed by atoms with Gasteiger partial charge in [-0.3, -0.25) is 0 Å². The third-order valence-electron chi connectivity index (χ3n) is 1.16. The van der Waals surface area contributed by atoms with Gasteiger partial charge in [0.2, 0.25) is 0 Å². The smallest absolute Gasteiger partial charge is 0.146 e. The maximum atomic E-state index is 5.60. The molecule has 0 bridgehead atoms. The third kappa shape index (κ3) is 1.27. The van der Waals surface area contributed by atoms with Gasteiger partial charge < -0.3 is 17.2 Å². The fraction of sp³-hybridized carbons (Fsp3) is 0. The fourth-order valence-corrected chi connectivity index (χ4v) is 0.922. The van der Waals surface area contributed by atoms with Crippen molar-refractivity contribution >= 4 is 40.5 Å². The van der Waals surface area contributed by atoms with Crippen LogP contribution in [0.5, 0.6) is 0 Å². The number of hydrogen-bond donors (Lipinski definition) is 3. The van der Waals surface area contributed by atoms with Gasteiger partial charge in [0.15, 0.2) is 0 Å². The monoisotopic (exact) mass is 192 g/mol. The first-order valence-electron chi connectivity index (χ1n) is 2.69. The van der Waals surface area contributed by atoms with E-state index in [9.17, 15) is 0 Å². The van der Waals surface area contributed by atoms with Crippen LogP contribution in [0.15, 0.2) is 0 Å². The van der Waals surface area contributed by atoms with Gasteiger partial charge in [-0.05, 0) is 0 Å². The molecule has 0 aromatic carbocycles. The van der Waals surface area contributed by atoms with Gasteiger partial charge in [-0.1, -0.05) is 23.2 Å². The third-order valence-corrected chi connectivity index (χ3v) is 1.96. The summed E-state index contributed by atoms with van der Waals surface area (Å²) in [5, 5.41) is 0.286. The lowest BCUT2D eigenvalue weighted by atomic mass is 10.4. The largest absolute Gasteiger partial charge is 0.396 e. The molecule has 0 atom stereocenters. The quantitative estimate of drug-likeness (QED) is 0.575. The Labute approximate surface area is 73.3 Å². The van der Waals surface area contributed by atoms with E-state index in [1.54, 1.807) is 0 Å². The number of hydrogen-bond acceptors (Lipinski definition) is 4. The lowest BCUT2D eigenvalue weighted by Crippen LogP contribution is -2.01. The fourth-order valence-electron chi connectivity index (χ4n) is 0.600. The lowest BCUT2D eigenvalue weighted by molar-refractivity contribution is 1.35. The molecule has 0 unspecified atom stereocenters. The Morgan fingerprint density at radius 1 is 0.909 bits per heavy atom. The van der Waals surface area contributed by atoms with Crippen LogP contribution in [0, 0.1) is 0 Å². The number of nitrogen functional groups attached to an aromatic ring is 3. The molecule has 0 aliphatic heterocycles. The summed E-state index contributed by atoms with van der Waals surface area (Å²) in [5.41, 5.74) is 16.2. The van der Waals surface area contributed by atoms with Crippen LogP contribution in [0.25, 0.3) is 0 Å². The molecule has 1 aromatic rings. The predicted molar refractivity (Wildman–Crippen MR) is 47.5 cm³/mol. The molecule has 6 N–H and O–H groups in total. The zero-order valence-corrected chi connectivity index (χ0v) is 6.95. The first-order chi connectivity index (χ1) is 5.04. The molecule has 0 saturated heterocycles. The van der Waals surface area contributed by atoms with E-state index >= 15 is 0 Å². The number of nitrogens with two attached hydrogens (primary N) is 3. The minimum atomic E-state index is 0.0890. The van der Waals surface area contributed by atoms with Crippen molar-refractivity contribution in [2.45, 2.75) is 0 Å². The van der Waals surface area contributed by atoms with Gasteiger partial charge >= 0.3 is 0 Å². The highest BCUT2D eigenvalue weighted by Gasteiger charge is 2.10. The average Bonchev–Trinajstić information content (AvgIpc) is 1.97. The number of pyridine rings is 1. The summed E-state index contributed by atoms with van der Waals surface area (Å²) < 4.78 is 0. The summed E-state index contributed by atoms with van der Waals surface area (Å²) in [4.78, 5) is 3.65. The van der Waals surface area contributed by atoms with E-state index in [2.05, 4.69) is 4.98 Å². The Hall–Kier alpha value is -0.870. The van der Waals surface area contributed by atoms with Crippen LogP contribution >= 0.6 is 23.2 Å². The minimum absolute atomic E-state index is 0.0890. The summed E-state index contributed by atoms with van der Waals surface area (Å²) in [6.07, 6.45) is 0. The number of nitrogens with zero attached hydrogens (tertiary/aromatic N) is 1. The van der Waals surface area contributed by atoms with Gasteiger partial charge in [-0.25, -0.2) is 4.98 Å². The molecule has 4 nitrogen and oxygen atoms in total. The van der Waals surface area contributed by atoms with Crippen LogP contribution in [0.2, 0.25) is 10.0 Å². The van der Waals surface area contributed by atoms with Crippen molar-refractivity contribution in [3.05, 3.63) is 10.0 Å². The Morgan fingerprint density at radius 3 is 1.64 bits per heavy atom. The first kappa shape index (κ1) is 8.23. The molecule has 1 rings (SSSR count). The number of aromatic nitrogens is 1. The molecule has 0 spiro atoms. The molecule has 1 heterocycles. The van der Waals surface area contributed by atoms with Crippen LogP contribution in [0.4, 0.5) is 17.3 Å². The van der Waals surface area contributed by atoms with Crippen molar-refractivity contribution in [1.82, 2.24) is 4.98 Å². The Kier molecular flexibility index (Phi) is 1.97. The van der Waals surface area contributed by atoms with Crippen molar-refractivity contribution in [3.63, 3.8) is 0 Å². The van der Waals surface area contributed by atoms with Gasteiger partial charge in [0, 0.05) is 0 Å². The maximum Gasteiger partial charge on any atom is 0.146 e. The van der Waals surface area contributed by atoms with Gasteiger partial charge in [-0.15, -0.1) is 0 Å². The molecule has 60 valence electrons. The summed E-state index contributed by atoms with van der Waals surface area (Å²) in [6.45, 7) is 0. The van der Waals surface area contributed by atoms with Crippen molar-refractivity contribution < 1.29 is 0 Å². The van der Waals surface area contributed by atoms with E-state index in [4.69, 9.17) is 40.4 Å². The van der Waals surface area contributed by atoms with Crippen LogP contribution < -0.4 is 17.2 Å². The Bertz CT molecular complexity index is 273. The average molecular weight is 193 g/mol. The number of anilines is 3. The van der Waals surface area contributed by atoms with E-state index in [-0.39, 0.29) is 27.4 Å². The summed E-state index contributed by atoms with van der Waals surface area (Å²) in [7, 11) is 0. The molecule has 11 heavy (non-hydrogen) atoms. The van der Waals surface area contributed by atoms with Gasteiger partial charge in [0.1, 0.15) is 21.7 Å². The van der Waals surface area contributed by atoms with Gasteiger partial charge in [-0.2, -0.15) is 0 Å². The topological polar surface area (TPSA) is 90.9 Å². The van der Waals surface area contributed by atoms with Crippen LogP contribution in [-0.2, 0) is 0 Å². The second kappa shape index (κ2) is 2.64. The van der Waals surface area contributed by atoms with Crippen LogP contribution in [0.3, 0.4) is 0 Å². The van der Waals surface area contributed by atoms with E-state index in [0.29, 0.717) is 0 Å². The van der Waals surface area contributed by atoms with Crippen molar-refractivity contribution in [2.75, 3.05) is 17.2 Å². The standard InChI is InChI=1S/C5H6Cl2N4/c6-1-3(8)2(7)5(10)11-4(1)9/h(H6,8,9,10,11). The molecule has 6 heteroatoms. The highest BCUT2D eigenvalue weighted by Crippen LogP contribution is 2.34. The highest BCUT2D eigenvalue weighted by molar-refractivity contribution is 6.41. The molecule has 0 fully saturated rings. The molecule has 0 amide bonds. The van der Waals surface area contributed by atoms with Gasteiger partial charge in [0.25, 0.3) is 0 Å². The molecule has 0 saturated carbocycles. The first-order valence-corrected chi connectivity index (χ1v) is 3.45. The van der Waals surface area contributed by atoms with Crippen molar-refractivity contribution in [2.24, 2.45) is 0 Å². The van der Waals surface area contributed by atoms with E-state index in [0.717, 1.165) is 0 Å². The molecule has 0 aliphatic carbocycles. The lowest BCUT2D eigenvalue weighted by Gasteiger charge is -2.05.